The van der Waals surface area contributed by atoms with E-state index in [1.807, 2.05) is 45.9 Å². The quantitative estimate of drug-likeness (QED) is 0.795. The standard InChI is InChI=1S/C17H19N3O3/c1-5-10(3)18-15(21)17-20-19-16(23-17)14-11(4)12-8-6-7-9(2)13(12)22-14/h6-8,10H,5H2,1-4H3,(H,18,21). The van der Waals surface area contributed by atoms with Gasteiger partial charge in [0, 0.05) is 17.0 Å². The summed E-state index contributed by atoms with van der Waals surface area (Å²) in [5.41, 5.74) is 2.75. The number of carbonyl (C=O) groups excluding carboxylic acids is 1. The van der Waals surface area contributed by atoms with Crippen LogP contribution >= 0.6 is 0 Å². The van der Waals surface area contributed by atoms with Crippen LogP contribution in [0.2, 0.25) is 0 Å². The van der Waals surface area contributed by atoms with Crippen LogP contribution in [0.4, 0.5) is 0 Å². The predicted octanol–water partition coefficient (Wildman–Crippen LogP) is 3.63. The van der Waals surface area contributed by atoms with Crippen molar-refractivity contribution in [3.8, 4) is 11.7 Å². The van der Waals surface area contributed by atoms with Crippen LogP contribution < -0.4 is 5.32 Å². The van der Waals surface area contributed by atoms with E-state index in [1.54, 1.807) is 0 Å². The van der Waals surface area contributed by atoms with Gasteiger partial charge in [-0.3, -0.25) is 4.79 Å². The van der Waals surface area contributed by atoms with E-state index in [4.69, 9.17) is 8.83 Å². The van der Waals surface area contributed by atoms with E-state index in [-0.39, 0.29) is 23.7 Å². The molecule has 0 radical (unpaired) electrons. The first-order chi connectivity index (χ1) is 11.0. The Morgan fingerprint density at radius 3 is 2.74 bits per heavy atom. The molecule has 6 nitrogen and oxygen atoms in total. The van der Waals surface area contributed by atoms with E-state index in [0.717, 1.165) is 28.5 Å². The molecule has 120 valence electrons. The molecule has 0 aliphatic rings. The summed E-state index contributed by atoms with van der Waals surface area (Å²) in [5, 5.41) is 11.6. The Morgan fingerprint density at radius 2 is 2.04 bits per heavy atom. The van der Waals surface area contributed by atoms with Crippen LogP contribution in [-0.4, -0.2) is 22.1 Å². The van der Waals surface area contributed by atoms with Gasteiger partial charge in [-0.1, -0.05) is 25.1 Å². The number of nitrogens with zero attached hydrogens (tertiary/aromatic N) is 2. The number of benzene rings is 1. The van der Waals surface area contributed by atoms with E-state index in [2.05, 4.69) is 15.5 Å². The van der Waals surface area contributed by atoms with E-state index < -0.39 is 0 Å². The van der Waals surface area contributed by atoms with E-state index in [0.29, 0.717) is 5.76 Å². The third kappa shape index (κ3) is 2.72. The molecule has 0 fully saturated rings. The average Bonchev–Trinajstić information content (AvgIpc) is 3.13. The van der Waals surface area contributed by atoms with Crippen molar-refractivity contribution in [2.45, 2.75) is 40.2 Å². The minimum Gasteiger partial charge on any atom is -0.450 e. The van der Waals surface area contributed by atoms with Crippen LogP contribution in [0.5, 0.6) is 0 Å². The van der Waals surface area contributed by atoms with E-state index in [9.17, 15) is 4.79 Å². The average molecular weight is 313 g/mol. The Labute approximate surface area is 133 Å². The minimum absolute atomic E-state index is 0.0495. The number of hydrogen-bond acceptors (Lipinski definition) is 5. The number of rotatable bonds is 4. The van der Waals surface area contributed by atoms with Crippen molar-refractivity contribution in [3.63, 3.8) is 0 Å². The van der Waals surface area contributed by atoms with Crippen LogP contribution in [0.1, 0.15) is 42.1 Å². The maximum absolute atomic E-state index is 12.0. The first-order valence-corrected chi connectivity index (χ1v) is 7.64. The molecule has 1 aromatic carbocycles. The lowest BCUT2D eigenvalue weighted by atomic mass is 10.1. The number of carbonyl (C=O) groups is 1. The summed E-state index contributed by atoms with van der Waals surface area (Å²) in [6.07, 6.45) is 0.828. The molecular formula is C17H19N3O3. The lowest BCUT2D eigenvalue weighted by Crippen LogP contribution is -2.32. The molecule has 0 aliphatic heterocycles. The molecule has 2 aromatic heterocycles. The zero-order chi connectivity index (χ0) is 16.6. The second-order valence-corrected chi connectivity index (χ2v) is 5.70. The highest BCUT2D eigenvalue weighted by atomic mass is 16.4. The predicted molar refractivity (Wildman–Crippen MR) is 86.2 cm³/mol. The number of nitrogens with one attached hydrogen (secondary N) is 1. The number of furan rings is 1. The molecule has 0 saturated heterocycles. The molecule has 1 N–H and O–H groups in total. The fourth-order valence-corrected chi connectivity index (χ4v) is 2.38. The van der Waals surface area contributed by atoms with Crippen molar-refractivity contribution in [3.05, 3.63) is 35.2 Å². The van der Waals surface area contributed by atoms with Gasteiger partial charge in [-0.05, 0) is 32.8 Å². The second kappa shape index (κ2) is 5.87. The third-order valence-corrected chi connectivity index (χ3v) is 3.96. The van der Waals surface area contributed by atoms with Gasteiger partial charge in [-0.2, -0.15) is 0 Å². The van der Waals surface area contributed by atoms with Crippen LogP contribution in [0.3, 0.4) is 0 Å². The maximum atomic E-state index is 12.0. The Balaban J connectivity index is 1.96. The van der Waals surface area contributed by atoms with Crippen molar-refractivity contribution in [2.75, 3.05) is 0 Å². The number of fused-ring (bicyclic) bond motifs is 1. The monoisotopic (exact) mass is 313 g/mol. The number of amides is 1. The van der Waals surface area contributed by atoms with Crippen molar-refractivity contribution in [1.82, 2.24) is 15.5 Å². The van der Waals surface area contributed by atoms with Crippen molar-refractivity contribution in [2.24, 2.45) is 0 Å². The first kappa shape index (κ1) is 15.3. The van der Waals surface area contributed by atoms with Gasteiger partial charge in [-0.25, -0.2) is 0 Å². The minimum atomic E-state index is -0.372. The summed E-state index contributed by atoms with van der Waals surface area (Å²) in [5.74, 6) is 0.289. The Bertz CT molecular complexity index is 863. The largest absolute Gasteiger partial charge is 0.450 e. The summed E-state index contributed by atoms with van der Waals surface area (Å²) in [4.78, 5) is 12.0. The highest BCUT2D eigenvalue weighted by molar-refractivity contribution is 5.91. The molecule has 2 heterocycles. The van der Waals surface area contributed by atoms with Crippen LogP contribution in [0.15, 0.2) is 27.0 Å². The fraction of sp³-hybridized carbons (Fsp3) is 0.353. The molecule has 0 aliphatic carbocycles. The zero-order valence-corrected chi connectivity index (χ0v) is 13.6. The molecule has 3 aromatic rings. The highest BCUT2D eigenvalue weighted by Gasteiger charge is 2.22. The second-order valence-electron chi connectivity index (χ2n) is 5.70. The zero-order valence-electron chi connectivity index (χ0n) is 13.6. The smallest absolute Gasteiger partial charge is 0.309 e. The molecule has 6 heteroatoms. The molecule has 0 saturated carbocycles. The SMILES string of the molecule is CCC(C)NC(=O)c1nnc(-c2oc3c(C)cccc3c2C)o1. The number of aromatic nitrogens is 2. The van der Waals surface area contributed by atoms with Crippen LogP contribution in [0.25, 0.3) is 22.6 Å². The molecule has 1 amide bonds. The maximum Gasteiger partial charge on any atom is 0.309 e. The molecule has 0 bridgehead atoms. The summed E-state index contributed by atoms with van der Waals surface area (Å²) in [7, 11) is 0. The van der Waals surface area contributed by atoms with Crippen molar-refractivity contribution >= 4 is 16.9 Å². The van der Waals surface area contributed by atoms with Gasteiger partial charge >= 0.3 is 11.8 Å². The third-order valence-electron chi connectivity index (χ3n) is 3.96. The number of aryl methyl sites for hydroxylation is 2. The lowest BCUT2D eigenvalue weighted by Gasteiger charge is -2.08. The summed E-state index contributed by atoms with van der Waals surface area (Å²) in [6, 6.07) is 5.99. The summed E-state index contributed by atoms with van der Waals surface area (Å²) in [6.45, 7) is 7.82. The molecular weight excluding hydrogens is 294 g/mol. The molecule has 1 atom stereocenters. The Morgan fingerprint density at radius 1 is 1.26 bits per heavy atom. The molecule has 1 unspecified atom stereocenters. The van der Waals surface area contributed by atoms with Gasteiger partial charge in [0.2, 0.25) is 0 Å². The van der Waals surface area contributed by atoms with E-state index in [1.165, 1.54) is 0 Å². The lowest BCUT2D eigenvalue weighted by molar-refractivity contribution is 0.0904. The van der Waals surface area contributed by atoms with Gasteiger partial charge in [0.05, 0.1) is 0 Å². The number of para-hydroxylation sites is 1. The summed E-state index contributed by atoms with van der Waals surface area (Å²) >= 11 is 0. The van der Waals surface area contributed by atoms with Gasteiger partial charge in [0.25, 0.3) is 5.89 Å². The Hall–Kier alpha value is -2.63. The van der Waals surface area contributed by atoms with Gasteiger partial charge in [0.1, 0.15) is 5.58 Å². The summed E-state index contributed by atoms with van der Waals surface area (Å²) < 4.78 is 11.4. The van der Waals surface area contributed by atoms with Gasteiger partial charge in [-0.15, -0.1) is 10.2 Å². The van der Waals surface area contributed by atoms with Gasteiger partial charge < -0.3 is 14.2 Å². The van der Waals surface area contributed by atoms with E-state index >= 15 is 0 Å². The van der Waals surface area contributed by atoms with Crippen LogP contribution in [0, 0.1) is 13.8 Å². The molecule has 0 spiro atoms. The van der Waals surface area contributed by atoms with Crippen molar-refractivity contribution in [1.29, 1.82) is 0 Å². The fourth-order valence-electron chi connectivity index (χ4n) is 2.38. The topological polar surface area (TPSA) is 81.2 Å². The first-order valence-electron chi connectivity index (χ1n) is 7.64. The Kier molecular flexibility index (Phi) is 3.90. The van der Waals surface area contributed by atoms with Crippen molar-refractivity contribution < 1.29 is 13.6 Å². The van der Waals surface area contributed by atoms with Crippen LogP contribution in [-0.2, 0) is 0 Å². The molecule has 23 heavy (non-hydrogen) atoms. The number of hydrogen-bond donors (Lipinski definition) is 1. The van der Waals surface area contributed by atoms with Gasteiger partial charge in [0.15, 0.2) is 5.76 Å². The normalized spacial score (nSPS) is 12.5. The molecule has 3 rings (SSSR count). The highest BCUT2D eigenvalue weighted by Crippen LogP contribution is 2.33.